The van der Waals surface area contributed by atoms with Gasteiger partial charge in [0.2, 0.25) is 0 Å². The zero-order valence-electron chi connectivity index (χ0n) is 11.5. The third-order valence-corrected chi connectivity index (χ3v) is 5.09. The molecule has 0 saturated heterocycles. The number of rotatable bonds is 3. The number of nitrogens with zero attached hydrogens (tertiary/aromatic N) is 1. The Kier molecular flexibility index (Phi) is 3.74. The fraction of sp³-hybridized carbons (Fsp3) is 0.562. The molecule has 2 nitrogen and oxygen atoms in total. The van der Waals surface area contributed by atoms with Gasteiger partial charge in [0.05, 0.1) is 0 Å². The molecule has 0 unspecified atom stereocenters. The Labute approximate surface area is 121 Å². The third-order valence-electron chi connectivity index (χ3n) is 4.66. The van der Waals surface area contributed by atoms with E-state index >= 15 is 0 Å². The van der Waals surface area contributed by atoms with Crippen molar-refractivity contribution in [3.8, 4) is 0 Å². The van der Waals surface area contributed by atoms with Gasteiger partial charge < -0.3 is 10.2 Å². The number of thiocarbonyl (C=S) groups is 1. The highest BCUT2D eigenvalue weighted by atomic mass is 32.1. The molecule has 2 aliphatic carbocycles. The highest BCUT2D eigenvalue weighted by Gasteiger charge is 2.39. The van der Waals surface area contributed by atoms with Crippen LogP contribution in [0.1, 0.15) is 31.2 Å². The van der Waals surface area contributed by atoms with Gasteiger partial charge in [-0.2, -0.15) is 0 Å². The summed E-state index contributed by atoms with van der Waals surface area (Å²) in [4.78, 5) is 2.15. The molecule has 3 atom stereocenters. The van der Waals surface area contributed by atoms with E-state index in [0.29, 0.717) is 6.04 Å². The molecule has 2 saturated carbocycles. The number of fused-ring (bicyclic) bond motifs is 2. The minimum Gasteiger partial charge on any atom is -0.360 e. The first-order valence-corrected chi connectivity index (χ1v) is 7.69. The molecule has 2 bridgehead atoms. The molecule has 3 heteroatoms. The fourth-order valence-corrected chi connectivity index (χ4v) is 3.84. The fourth-order valence-electron chi connectivity index (χ4n) is 3.62. The lowest BCUT2D eigenvalue weighted by Gasteiger charge is -2.28. The van der Waals surface area contributed by atoms with Crippen molar-refractivity contribution in [1.29, 1.82) is 0 Å². The number of hydrogen-bond donors (Lipinski definition) is 1. The van der Waals surface area contributed by atoms with Gasteiger partial charge in [-0.1, -0.05) is 36.8 Å². The van der Waals surface area contributed by atoms with E-state index in [2.05, 4.69) is 47.6 Å². The molecule has 102 valence electrons. The lowest BCUT2D eigenvalue weighted by molar-refractivity contribution is 0.373. The van der Waals surface area contributed by atoms with Gasteiger partial charge in [0.1, 0.15) is 0 Å². The first-order valence-electron chi connectivity index (χ1n) is 7.28. The molecule has 2 fully saturated rings. The molecule has 0 radical (unpaired) electrons. The zero-order chi connectivity index (χ0) is 13.2. The Morgan fingerprint density at radius 3 is 2.68 bits per heavy atom. The molecular formula is C16H22N2S. The topological polar surface area (TPSA) is 15.3 Å². The summed E-state index contributed by atoms with van der Waals surface area (Å²) >= 11 is 5.54. The summed E-state index contributed by atoms with van der Waals surface area (Å²) in [5, 5.41) is 4.49. The van der Waals surface area contributed by atoms with Gasteiger partial charge in [0.15, 0.2) is 5.11 Å². The normalized spacial score (nSPS) is 28.4. The van der Waals surface area contributed by atoms with Gasteiger partial charge in [-0.25, -0.2) is 0 Å². The van der Waals surface area contributed by atoms with Crippen LogP contribution in [0.25, 0.3) is 0 Å². The van der Waals surface area contributed by atoms with Crippen LogP contribution < -0.4 is 5.32 Å². The van der Waals surface area contributed by atoms with Crippen LogP contribution >= 0.6 is 12.2 Å². The molecule has 0 aromatic heterocycles. The maximum absolute atomic E-state index is 5.54. The molecule has 0 aliphatic heterocycles. The SMILES string of the molecule is CN(Cc1ccccc1)C(=S)N[C@@H]1C[C@H]2CC[C@@H]1C2. The Balaban J connectivity index is 1.53. The molecule has 3 rings (SSSR count). The number of benzene rings is 1. The zero-order valence-corrected chi connectivity index (χ0v) is 12.3. The molecule has 0 heterocycles. The van der Waals surface area contributed by atoms with E-state index in [4.69, 9.17) is 12.2 Å². The first kappa shape index (κ1) is 12.9. The Morgan fingerprint density at radius 2 is 2.05 bits per heavy atom. The molecule has 0 amide bonds. The standard InChI is InChI=1S/C16H22N2S/c1-18(11-12-5-3-2-4-6-12)16(19)17-15-10-13-7-8-14(15)9-13/h2-6,13-15H,7-11H2,1H3,(H,17,19)/t13-,14+,15+/m0/s1. The number of nitrogens with one attached hydrogen (secondary N) is 1. The molecule has 19 heavy (non-hydrogen) atoms. The van der Waals surface area contributed by atoms with Crippen molar-refractivity contribution in [3.63, 3.8) is 0 Å². The average Bonchev–Trinajstić information content (AvgIpc) is 3.02. The van der Waals surface area contributed by atoms with E-state index in [1.807, 2.05) is 0 Å². The van der Waals surface area contributed by atoms with Crippen LogP contribution in [0.4, 0.5) is 0 Å². The summed E-state index contributed by atoms with van der Waals surface area (Å²) in [6.45, 7) is 0.882. The molecule has 2 aliphatic rings. The van der Waals surface area contributed by atoms with Gasteiger partial charge in [-0.05, 0) is 48.9 Å². The Morgan fingerprint density at radius 1 is 1.26 bits per heavy atom. The molecule has 1 aromatic rings. The van der Waals surface area contributed by atoms with E-state index < -0.39 is 0 Å². The van der Waals surface area contributed by atoms with Crippen molar-refractivity contribution < 1.29 is 0 Å². The van der Waals surface area contributed by atoms with Crippen LogP contribution in [-0.4, -0.2) is 23.1 Å². The summed E-state index contributed by atoms with van der Waals surface area (Å²) < 4.78 is 0. The van der Waals surface area contributed by atoms with Gasteiger partial charge in [-0.15, -0.1) is 0 Å². The predicted octanol–water partition coefficient (Wildman–Crippen LogP) is 3.18. The monoisotopic (exact) mass is 274 g/mol. The largest absolute Gasteiger partial charge is 0.360 e. The van der Waals surface area contributed by atoms with Gasteiger partial charge in [-0.3, -0.25) is 0 Å². The summed E-state index contributed by atoms with van der Waals surface area (Å²) in [6.07, 6.45) is 5.58. The molecule has 1 N–H and O–H groups in total. The molecule has 0 spiro atoms. The quantitative estimate of drug-likeness (QED) is 0.852. The van der Waals surface area contributed by atoms with E-state index in [-0.39, 0.29) is 0 Å². The van der Waals surface area contributed by atoms with Gasteiger partial charge in [0.25, 0.3) is 0 Å². The lowest BCUT2D eigenvalue weighted by Crippen LogP contribution is -2.44. The minimum atomic E-state index is 0.629. The molecular weight excluding hydrogens is 252 g/mol. The van der Waals surface area contributed by atoms with Crippen LogP contribution in [-0.2, 0) is 6.54 Å². The van der Waals surface area contributed by atoms with E-state index in [1.165, 1.54) is 31.2 Å². The van der Waals surface area contributed by atoms with Crippen molar-refractivity contribution >= 4 is 17.3 Å². The van der Waals surface area contributed by atoms with E-state index in [1.54, 1.807) is 0 Å². The van der Waals surface area contributed by atoms with Crippen molar-refractivity contribution in [3.05, 3.63) is 35.9 Å². The summed E-state index contributed by atoms with van der Waals surface area (Å²) in [5.41, 5.74) is 1.31. The van der Waals surface area contributed by atoms with Crippen LogP contribution in [0, 0.1) is 11.8 Å². The van der Waals surface area contributed by atoms with Gasteiger partial charge >= 0.3 is 0 Å². The summed E-state index contributed by atoms with van der Waals surface area (Å²) in [6, 6.07) is 11.1. The predicted molar refractivity (Wildman–Crippen MR) is 82.9 cm³/mol. The number of hydrogen-bond acceptors (Lipinski definition) is 1. The highest BCUT2D eigenvalue weighted by molar-refractivity contribution is 7.80. The van der Waals surface area contributed by atoms with E-state index in [9.17, 15) is 0 Å². The lowest BCUT2D eigenvalue weighted by atomic mass is 9.95. The molecule has 1 aromatic carbocycles. The van der Waals surface area contributed by atoms with E-state index in [0.717, 1.165) is 23.5 Å². The Hall–Kier alpha value is -1.09. The first-order chi connectivity index (χ1) is 9.22. The van der Waals surface area contributed by atoms with Crippen molar-refractivity contribution in [2.45, 2.75) is 38.3 Å². The van der Waals surface area contributed by atoms with Gasteiger partial charge in [0, 0.05) is 19.6 Å². The Bertz CT molecular complexity index is 445. The van der Waals surface area contributed by atoms with Crippen LogP contribution in [0.5, 0.6) is 0 Å². The summed E-state index contributed by atoms with van der Waals surface area (Å²) in [5.74, 6) is 1.83. The van der Waals surface area contributed by atoms with Crippen LogP contribution in [0.15, 0.2) is 30.3 Å². The second-order valence-electron chi connectivity index (χ2n) is 6.07. The van der Waals surface area contributed by atoms with Crippen LogP contribution in [0.3, 0.4) is 0 Å². The van der Waals surface area contributed by atoms with Crippen molar-refractivity contribution in [2.75, 3.05) is 7.05 Å². The maximum atomic E-state index is 5.54. The smallest absolute Gasteiger partial charge is 0.169 e. The highest BCUT2D eigenvalue weighted by Crippen LogP contribution is 2.44. The van der Waals surface area contributed by atoms with Crippen molar-refractivity contribution in [1.82, 2.24) is 10.2 Å². The summed E-state index contributed by atoms with van der Waals surface area (Å²) in [7, 11) is 2.08. The maximum Gasteiger partial charge on any atom is 0.169 e. The van der Waals surface area contributed by atoms with Crippen molar-refractivity contribution in [2.24, 2.45) is 11.8 Å². The average molecular weight is 274 g/mol. The van der Waals surface area contributed by atoms with Crippen LogP contribution in [0.2, 0.25) is 0 Å². The third kappa shape index (κ3) is 2.92. The minimum absolute atomic E-state index is 0.629. The second kappa shape index (κ2) is 5.49. The second-order valence-corrected chi connectivity index (χ2v) is 6.46.